The third-order valence-corrected chi connectivity index (χ3v) is 8.12. The van der Waals surface area contributed by atoms with Crippen LogP contribution in [0.25, 0.3) is 0 Å². The molecule has 2 aromatic rings. The quantitative estimate of drug-likeness (QED) is 0.716. The number of sulfone groups is 1. The van der Waals surface area contributed by atoms with Gasteiger partial charge in [0.15, 0.2) is 9.84 Å². The Hall–Kier alpha value is -1.21. The summed E-state index contributed by atoms with van der Waals surface area (Å²) in [4.78, 5) is 0.349. The van der Waals surface area contributed by atoms with E-state index in [0.717, 1.165) is 15.6 Å². The van der Waals surface area contributed by atoms with Crippen LogP contribution in [0, 0.1) is 12.3 Å². The average molecular weight is 438 g/mol. The van der Waals surface area contributed by atoms with Crippen molar-refractivity contribution in [1.29, 1.82) is 0 Å². The van der Waals surface area contributed by atoms with Gasteiger partial charge in [0.05, 0.1) is 16.8 Å². The number of aryl methyl sites for hydroxylation is 1. The van der Waals surface area contributed by atoms with Gasteiger partial charge in [0.2, 0.25) is 0 Å². The van der Waals surface area contributed by atoms with E-state index in [0.29, 0.717) is 18.1 Å². The fourth-order valence-corrected chi connectivity index (χ4v) is 6.47. The normalized spacial score (nSPS) is 25.2. The highest BCUT2D eigenvalue weighted by molar-refractivity contribution is 9.10. The first-order chi connectivity index (χ1) is 12.4. The van der Waals surface area contributed by atoms with Gasteiger partial charge in [-0.2, -0.15) is 0 Å². The summed E-state index contributed by atoms with van der Waals surface area (Å²) in [6, 6.07) is 14.8. The van der Waals surface area contributed by atoms with Gasteiger partial charge in [0.25, 0.3) is 0 Å². The van der Waals surface area contributed by atoms with Gasteiger partial charge in [0.1, 0.15) is 0 Å². The molecule has 140 valence electrons. The molecule has 1 aliphatic rings. The molecule has 1 saturated carbocycles. The molecule has 26 heavy (non-hydrogen) atoms. The van der Waals surface area contributed by atoms with Crippen molar-refractivity contribution in [3.05, 3.63) is 64.1 Å². The second-order valence-electron chi connectivity index (χ2n) is 6.88. The van der Waals surface area contributed by atoms with Crippen LogP contribution >= 0.6 is 15.9 Å². The van der Waals surface area contributed by atoms with E-state index in [9.17, 15) is 8.42 Å². The number of hydrogen-bond donors (Lipinski definition) is 1. The molecule has 1 aliphatic carbocycles. The van der Waals surface area contributed by atoms with Crippen LogP contribution < -0.4 is 5.73 Å². The second kappa shape index (κ2) is 7.43. The van der Waals surface area contributed by atoms with Crippen LogP contribution in [0.3, 0.4) is 0 Å². The molecule has 2 aromatic carbocycles. The second-order valence-corrected chi connectivity index (χ2v) is 9.87. The highest BCUT2D eigenvalue weighted by Crippen LogP contribution is 2.63. The van der Waals surface area contributed by atoms with Crippen molar-refractivity contribution in [2.45, 2.75) is 29.9 Å². The van der Waals surface area contributed by atoms with E-state index in [2.05, 4.69) is 15.9 Å². The maximum Gasteiger partial charge on any atom is 0.182 e. The lowest BCUT2D eigenvalue weighted by atomic mass is 10.00. The third kappa shape index (κ3) is 3.36. The predicted octanol–water partition coefficient (Wildman–Crippen LogP) is 3.68. The van der Waals surface area contributed by atoms with Crippen LogP contribution in [0.15, 0.2) is 57.9 Å². The number of benzene rings is 2. The highest BCUT2D eigenvalue weighted by atomic mass is 79.9. The Labute approximate surface area is 163 Å². The van der Waals surface area contributed by atoms with E-state index in [1.165, 1.54) is 0 Å². The molecule has 0 heterocycles. The van der Waals surface area contributed by atoms with Gasteiger partial charge in [0, 0.05) is 29.0 Å². The zero-order valence-corrected chi connectivity index (χ0v) is 17.4. The molecule has 6 heteroatoms. The minimum absolute atomic E-state index is 0.168. The van der Waals surface area contributed by atoms with E-state index in [-0.39, 0.29) is 12.5 Å². The summed E-state index contributed by atoms with van der Waals surface area (Å²) in [5.41, 5.74) is 7.53. The summed E-state index contributed by atoms with van der Waals surface area (Å²) in [6.07, 6.45) is 0. The largest absolute Gasteiger partial charge is 0.381 e. The molecule has 3 rings (SSSR count). The molecular weight excluding hydrogens is 414 g/mol. The lowest BCUT2D eigenvalue weighted by Gasteiger charge is -2.16. The van der Waals surface area contributed by atoms with Crippen molar-refractivity contribution in [3.8, 4) is 0 Å². The van der Waals surface area contributed by atoms with Crippen LogP contribution in [-0.4, -0.2) is 33.4 Å². The topological polar surface area (TPSA) is 69.4 Å². The summed E-state index contributed by atoms with van der Waals surface area (Å²) in [5.74, 6) is -0.168. The van der Waals surface area contributed by atoms with E-state index in [4.69, 9.17) is 10.5 Å². The van der Waals surface area contributed by atoms with Crippen LogP contribution in [-0.2, 0) is 14.6 Å². The van der Waals surface area contributed by atoms with Gasteiger partial charge in [-0.1, -0.05) is 45.8 Å². The van der Waals surface area contributed by atoms with E-state index in [1.807, 2.05) is 50.2 Å². The highest BCUT2D eigenvalue weighted by Gasteiger charge is 2.70. The Bertz CT molecular complexity index is 865. The lowest BCUT2D eigenvalue weighted by Crippen LogP contribution is -2.29. The number of nitrogens with two attached hydrogens (primary N) is 1. The molecule has 0 saturated heterocycles. The van der Waals surface area contributed by atoms with Gasteiger partial charge >= 0.3 is 0 Å². The molecule has 3 unspecified atom stereocenters. The Morgan fingerprint density at radius 3 is 2.27 bits per heavy atom. The maximum absolute atomic E-state index is 13.4. The standard InChI is InChI=1S/C20H24BrNO3S/c1-3-25-13-20(12-22)18(15-6-8-16(21)9-7-15)19(20)26(23,24)17-10-4-14(2)5-11-17/h4-11,18-19H,3,12-13,22H2,1-2H3. The fourth-order valence-electron chi connectivity index (χ4n) is 3.76. The van der Waals surface area contributed by atoms with E-state index < -0.39 is 20.5 Å². The molecule has 0 aromatic heterocycles. The van der Waals surface area contributed by atoms with Gasteiger partial charge in [-0.05, 0) is 43.7 Å². The first kappa shape index (κ1) is 19.5. The van der Waals surface area contributed by atoms with Crippen molar-refractivity contribution >= 4 is 25.8 Å². The summed E-state index contributed by atoms with van der Waals surface area (Å²) in [5, 5.41) is -0.574. The molecule has 2 N–H and O–H groups in total. The van der Waals surface area contributed by atoms with Gasteiger partial charge in [-0.3, -0.25) is 0 Å². The number of rotatable bonds is 7. The summed E-state index contributed by atoms with van der Waals surface area (Å²) >= 11 is 3.43. The predicted molar refractivity (Wildman–Crippen MR) is 107 cm³/mol. The summed E-state index contributed by atoms with van der Waals surface area (Å²) in [6.45, 7) is 4.99. The maximum atomic E-state index is 13.4. The van der Waals surface area contributed by atoms with Gasteiger partial charge in [-0.25, -0.2) is 8.42 Å². The van der Waals surface area contributed by atoms with Gasteiger partial charge < -0.3 is 10.5 Å². The minimum Gasteiger partial charge on any atom is -0.381 e. The van der Waals surface area contributed by atoms with Crippen LogP contribution in [0.4, 0.5) is 0 Å². The number of halogens is 1. The van der Waals surface area contributed by atoms with Crippen LogP contribution in [0.5, 0.6) is 0 Å². The monoisotopic (exact) mass is 437 g/mol. The van der Waals surface area contributed by atoms with Crippen LogP contribution in [0.1, 0.15) is 24.0 Å². The van der Waals surface area contributed by atoms with Gasteiger partial charge in [-0.15, -0.1) is 0 Å². The van der Waals surface area contributed by atoms with Crippen molar-refractivity contribution in [1.82, 2.24) is 0 Å². The number of ether oxygens (including phenoxy) is 1. The first-order valence-corrected chi connectivity index (χ1v) is 11.0. The smallest absolute Gasteiger partial charge is 0.182 e. The van der Waals surface area contributed by atoms with E-state index >= 15 is 0 Å². The first-order valence-electron chi connectivity index (χ1n) is 8.70. The van der Waals surface area contributed by atoms with Crippen molar-refractivity contribution in [3.63, 3.8) is 0 Å². The molecule has 1 fully saturated rings. The molecule has 0 amide bonds. The Kier molecular flexibility index (Phi) is 5.58. The minimum atomic E-state index is -3.51. The zero-order chi connectivity index (χ0) is 18.9. The lowest BCUT2D eigenvalue weighted by molar-refractivity contribution is 0.101. The molecular formula is C20H24BrNO3S. The molecule has 0 bridgehead atoms. The summed E-state index contributed by atoms with van der Waals surface area (Å²) in [7, 11) is -3.51. The van der Waals surface area contributed by atoms with Crippen molar-refractivity contribution in [2.75, 3.05) is 19.8 Å². The molecule has 0 aliphatic heterocycles. The molecule has 3 atom stereocenters. The summed E-state index contributed by atoms with van der Waals surface area (Å²) < 4.78 is 33.4. The Morgan fingerprint density at radius 2 is 1.73 bits per heavy atom. The third-order valence-electron chi connectivity index (χ3n) is 5.25. The fraction of sp³-hybridized carbons (Fsp3) is 0.400. The van der Waals surface area contributed by atoms with Crippen molar-refractivity contribution < 1.29 is 13.2 Å². The Morgan fingerprint density at radius 1 is 1.12 bits per heavy atom. The van der Waals surface area contributed by atoms with Crippen LogP contribution in [0.2, 0.25) is 0 Å². The average Bonchev–Trinajstić information content (AvgIpc) is 3.31. The molecule has 0 spiro atoms. The van der Waals surface area contributed by atoms with Crippen molar-refractivity contribution in [2.24, 2.45) is 11.1 Å². The number of hydrogen-bond acceptors (Lipinski definition) is 4. The SMILES string of the molecule is CCOCC1(CN)C(c2ccc(Br)cc2)C1S(=O)(=O)c1ccc(C)cc1. The Balaban J connectivity index is 2.03. The molecule has 0 radical (unpaired) electrons. The molecule has 4 nitrogen and oxygen atoms in total. The van der Waals surface area contributed by atoms with E-state index in [1.54, 1.807) is 12.1 Å². The zero-order valence-electron chi connectivity index (χ0n) is 15.0.